The lowest BCUT2D eigenvalue weighted by Crippen LogP contribution is -2.22. The normalized spacial score (nSPS) is 23.6. The summed E-state index contributed by atoms with van der Waals surface area (Å²) in [4.78, 5) is 12.2. The molecule has 0 amide bonds. The molecular formula is C17H22N4O2. The van der Waals surface area contributed by atoms with Gasteiger partial charge in [0.05, 0.1) is 11.7 Å². The molecule has 3 aromatic heterocycles. The van der Waals surface area contributed by atoms with Crippen molar-refractivity contribution in [1.82, 2.24) is 19.5 Å². The molecule has 122 valence electrons. The minimum Gasteiger partial charge on any atom is -0.396 e. The number of hydrogen-bond donors (Lipinski definition) is 3. The van der Waals surface area contributed by atoms with Crippen LogP contribution in [0.1, 0.15) is 50.6 Å². The molecule has 6 heteroatoms. The number of fused-ring (bicyclic) bond motifs is 3. The molecule has 1 aliphatic rings. The Balaban J connectivity index is 1.88. The summed E-state index contributed by atoms with van der Waals surface area (Å²) in [5, 5.41) is 20.6. The van der Waals surface area contributed by atoms with Crippen molar-refractivity contribution in [1.29, 1.82) is 0 Å². The van der Waals surface area contributed by atoms with Gasteiger partial charge in [-0.3, -0.25) is 0 Å². The molecule has 0 bridgehead atoms. The van der Waals surface area contributed by atoms with Gasteiger partial charge in [-0.05, 0) is 44.6 Å². The summed E-state index contributed by atoms with van der Waals surface area (Å²) in [7, 11) is 0. The maximum absolute atomic E-state index is 10.2. The Morgan fingerprint density at radius 3 is 2.83 bits per heavy atom. The van der Waals surface area contributed by atoms with E-state index in [4.69, 9.17) is 0 Å². The van der Waals surface area contributed by atoms with Gasteiger partial charge in [0.1, 0.15) is 23.1 Å². The highest BCUT2D eigenvalue weighted by molar-refractivity contribution is 6.01. The summed E-state index contributed by atoms with van der Waals surface area (Å²) in [5.74, 6) is 1.12. The average molecular weight is 314 g/mol. The van der Waals surface area contributed by atoms with Crippen LogP contribution in [0, 0.1) is 5.92 Å². The van der Waals surface area contributed by atoms with E-state index >= 15 is 0 Å². The van der Waals surface area contributed by atoms with Gasteiger partial charge in [0.25, 0.3) is 0 Å². The SMILES string of the molecule is CC(O)c1nc2cnc3[nH]ccc3c2n1C1CCC(CO)CC1. The molecule has 3 aromatic rings. The molecule has 0 saturated heterocycles. The van der Waals surface area contributed by atoms with E-state index in [-0.39, 0.29) is 6.61 Å². The molecule has 3 N–H and O–H groups in total. The topological polar surface area (TPSA) is 87.0 Å². The molecular weight excluding hydrogens is 292 g/mol. The number of aliphatic hydroxyl groups excluding tert-OH is 2. The molecule has 3 heterocycles. The molecule has 0 aromatic carbocycles. The Morgan fingerprint density at radius 2 is 2.13 bits per heavy atom. The zero-order chi connectivity index (χ0) is 16.0. The number of aromatic amines is 1. The molecule has 1 saturated carbocycles. The van der Waals surface area contributed by atoms with Crippen LogP contribution in [0.3, 0.4) is 0 Å². The standard InChI is InChI=1S/C17H22N4O2/c1-10(23)17-20-14-8-19-16-13(6-7-18-16)15(14)21(17)12-4-2-11(9-22)3-5-12/h6-8,10-12,22-23H,2-5,9H2,1H3,(H,18,19). The van der Waals surface area contributed by atoms with Gasteiger partial charge in [0.2, 0.25) is 0 Å². The molecule has 1 unspecified atom stereocenters. The Morgan fingerprint density at radius 1 is 1.35 bits per heavy atom. The highest BCUT2D eigenvalue weighted by Crippen LogP contribution is 2.37. The van der Waals surface area contributed by atoms with Crippen LogP contribution in [-0.4, -0.2) is 36.3 Å². The minimum absolute atomic E-state index is 0.270. The number of aromatic nitrogens is 4. The van der Waals surface area contributed by atoms with Gasteiger partial charge < -0.3 is 19.8 Å². The fraction of sp³-hybridized carbons (Fsp3) is 0.529. The maximum atomic E-state index is 10.2. The van der Waals surface area contributed by atoms with Crippen molar-refractivity contribution in [2.75, 3.05) is 6.61 Å². The van der Waals surface area contributed by atoms with Gasteiger partial charge in [-0.15, -0.1) is 0 Å². The summed E-state index contributed by atoms with van der Waals surface area (Å²) in [6, 6.07) is 2.33. The number of imidazole rings is 1. The predicted molar refractivity (Wildman–Crippen MR) is 88.1 cm³/mol. The Bertz CT molecular complexity index is 828. The fourth-order valence-corrected chi connectivity index (χ4v) is 3.86. The first-order valence-electron chi connectivity index (χ1n) is 8.32. The van der Waals surface area contributed by atoms with Gasteiger partial charge in [0, 0.05) is 24.2 Å². The lowest BCUT2D eigenvalue weighted by molar-refractivity contribution is 0.155. The van der Waals surface area contributed by atoms with Crippen LogP contribution in [0.25, 0.3) is 22.1 Å². The second kappa shape index (κ2) is 5.62. The second-order valence-electron chi connectivity index (χ2n) is 6.61. The largest absolute Gasteiger partial charge is 0.396 e. The summed E-state index contributed by atoms with van der Waals surface area (Å²) in [6.07, 6.45) is 7.08. The van der Waals surface area contributed by atoms with Crippen molar-refractivity contribution in [3.05, 3.63) is 24.3 Å². The van der Waals surface area contributed by atoms with Gasteiger partial charge in [0.15, 0.2) is 0 Å². The van der Waals surface area contributed by atoms with E-state index < -0.39 is 6.10 Å². The van der Waals surface area contributed by atoms with Crippen molar-refractivity contribution in [3.63, 3.8) is 0 Å². The molecule has 6 nitrogen and oxygen atoms in total. The van der Waals surface area contributed by atoms with Crippen molar-refractivity contribution >= 4 is 22.1 Å². The quantitative estimate of drug-likeness (QED) is 0.693. The molecule has 0 aliphatic heterocycles. The number of nitrogens with one attached hydrogen (secondary N) is 1. The minimum atomic E-state index is -0.619. The number of hydrogen-bond acceptors (Lipinski definition) is 4. The van der Waals surface area contributed by atoms with Gasteiger partial charge in [-0.1, -0.05) is 0 Å². The van der Waals surface area contributed by atoms with Gasteiger partial charge in [-0.2, -0.15) is 0 Å². The fourth-order valence-electron chi connectivity index (χ4n) is 3.86. The number of nitrogens with zero attached hydrogens (tertiary/aromatic N) is 3. The van der Waals surface area contributed by atoms with Crippen molar-refractivity contribution in [2.24, 2.45) is 5.92 Å². The van der Waals surface area contributed by atoms with Crippen molar-refractivity contribution < 1.29 is 10.2 Å². The first-order valence-corrected chi connectivity index (χ1v) is 8.32. The third-order valence-corrected chi connectivity index (χ3v) is 5.07. The van der Waals surface area contributed by atoms with E-state index in [0.717, 1.165) is 47.8 Å². The van der Waals surface area contributed by atoms with Crippen LogP contribution in [0.15, 0.2) is 18.5 Å². The van der Waals surface area contributed by atoms with E-state index in [1.54, 1.807) is 13.1 Å². The number of aliphatic hydroxyl groups is 2. The summed E-state index contributed by atoms with van der Waals surface area (Å²) in [5.41, 5.74) is 2.73. The Hall–Kier alpha value is -1.92. The van der Waals surface area contributed by atoms with Crippen LogP contribution >= 0.6 is 0 Å². The zero-order valence-electron chi connectivity index (χ0n) is 13.2. The van der Waals surface area contributed by atoms with Crippen LogP contribution in [0.2, 0.25) is 0 Å². The van der Waals surface area contributed by atoms with Crippen molar-refractivity contribution in [3.8, 4) is 0 Å². The van der Waals surface area contributed by atoms with Crippen LogP contribution in [0.4, 0.5) is 0 Å². The smallest absolute Gasteiger partial charge is 0.139 e. The first kappa shape index (κ1) is 14.7. The number of rotatable bonds is 3. The average Bonchev–Trinajstić information content (AvgIpc) is 3.18. The maximum Gasteiger partial charge on any atom is 0.139 e. The van der Waals surface area contributed by atoms with Crippen LogP contribution in [-0.2, 0) is 0 Å². The molecule has 4 rings (SSSR count). The third-order valence-electron chi connectivity index (χ3n) is 5.07. The highest BCUT2D eigenvalue weighted by atomic mass is 16.3. The second-order valence-corrected chi connectivity index (χ2v) is 6.61. The number of pyridine rings is 1. The lowest BCUT2D eigenvalue weighted by atomic mass is 9.86. The van der Waals surface area contributed by atoms with Crippen molar-refractivity contribution in [2.45, 2.75) is 44.8 Å². The van der Waals surface area contributed by atoms with E-state index in [0.29, 0.717) is 17.8 Å². The van der Waals surface area contributed by atoms with E-state index in [1.807, 2.05) is 12.3 Å². The Labute approximate surface area is 134 Å². The number of H-pyrrole nitrogens is 1. The Kier molecular flexibility index (Phi) is 3.58. The van der Waals surface area contributed by atoms with E-state index in [9.17, 15) is 10.2 Å². The third kappa shape index (κ3) is 2.33. The molecule has 1 atom stereocenters. The summed E-state index contributed by atoms with van der Waals surface area (Å²) >= 11 is 0. The summed E-state index contributed by atoms with van der Waals surface area (Å²) in [6.45, 7) is 2.03. The van der Waals surface area contributed by atoms with Gasteiger partial charge in [-0.25, -0.2) is 9.97 Å². The first-order chi connectivity index (χ1) is 11.2. The van der Waals surface area contributed by atoms with E-state index in [1.165, 1.54) is 0 Å². The van der Waals surface area contributed by atoms with E-state index in [2.05, 4.69) is 19.5 Å². The van der Waals surface area contributed by atoms with Crippen LogP contribution < -0.4 is 0 Å². The lowest BCUT2D eigenvalue weighted by Gasteiger charge is -2.30. The molecule has 0 radical (unpaired) electrons. The predicted octanol–water partition coefficient (Wildman–Crippen LogP) is 2.69. The van der Waals surface area contributed by atoms with Crippen LogP contribution in [0.5, 0.6) is 0 Å². The molecule has 1 aliphatic carbocycles. The molecule has 0 spiro atoms. The molecule has 23 heavy (non-hydrogen) atoms. The highest BCUT2D eigenvalue weighted by Gasteiger charge is 2.27. The van der Waals surface area contributed by atoms with Gasteiger partial charge >= 0.3 is 0 Å². The monoisotopic (exact) mass is 314 g/mol. The summed E-state index contributed by atoms with van der Waals surface area (Å²) < 4.78 is 2.21. The zero-order valence-corrected chi connectivity index (χ0v) is 13.2. The molecule has 1 fully saturated rings.